The van der Waals surface area contributed by atoms with E-state index in [4.69, 9.17) is 16.3 Å². The van der Waals surface area contributed by atoms with Crippen molar-refractivity contribution in [1.29, 1.82) is 0 Å². The molecule has 0 saturated carbocycles. The van der Waals surface area contributed by atoms with Crippen LogP contribution in [0.5, 0.6) is 11.8 Å². The second-order valence-electron chi connectivity index (χ2n) is 6.04. The maximum absolute atomic E-state index is 5.93. The fourth-order valence-corrected chi connectivity index (χ4v) is 3.05. The van der Waals surface area contributed by atoms with E-state index >= 15 is 0 Å². The summed E-state index contributed by atoms with van der Waals surface area (Å²) in [5, 5.41) is 8.49. The minimum absolute atomic E-state index is 0.480. The highest BCUT2D eigenvalue weighted by molar-refractivity contribution is 6.30. The number of halogens is 1. The maximum atomic E-state index is 5.93. The topological polar surface area (TPSA) is 68.1 Å². The summed E-state index contributed by atoms with van der Waals surface area (Å²) in [6, 6.07) is 9.26. The first-order chi connectivity index (χ1) is 12.7. The number of aromatic nitrogens is 4. The minimum Gasteiger partial charge on any atom is -0.419 e. The van der Waals surface area contributed by atoms with Crippen LogP contribution in [0.15, 0.2) is 42.9 Å². The molecule has 0 spiro atoms. The fourth-order valence-electron chi connectivity index (χ4n) is 2.92. The van der Waals surface area contributed by atoms with E-state index in [1.54, 1.807) is 10.7 Å². The van der Waals surface area contributed by atoms with Gasteiger partial charge in [0.05, 0.1) is 11.3 Å². The van der Waals surface area contributed by atoms with E-state index in [2.05, 4.69) is 25.3 Å². The van der Waals surface area contributed by atoms with Crippen molar-refractivity contribution in [2.45, 2.75) is 6.92 Å². The van der Waals surface area contributed by atoms with Crippen molar-refractivity contribution in [2.75, 3.05) is 31.1 Å². The Labute approximate surface area is 156 Å². The number of nitrogens with zero attached hydrogens (tertiary/aromatic N) is 5. The van der Waals surface area contributed by atoms with E-state index in [1.807, 2.05) is 37.4 Å². The summed E-state index contributed by atoms with van der Waals surface area (Å²) in [6.45, 7) is 5.71. The molecular weight excluding hydrogens is 352 g/mol. The largest absolute Gasteiger partial charge is 0.419 e. The predicted octanol–water partition coefficient (Wildman–Crippen LogP) is 2.83. The molecule has 0 bridgehead atoms. The van der Waals surface area contributed by atoms with E-state index in [1.165, 1.54) is 6.33 Å². The van der Waals surface area contributed by atoms with E-state index in [-0.39, 0.29) is 0 Å². The zero-order valence-electron chi connectivity index (χ0n) is 14.4. The molecule has 1 aromatic carbocycles. The lowest BCUT2D eigenvalue weighted by Gasteiger charge is -2.29. The molecule has 0 radical (unpaired) electrons. The van der Waals surface area contributed by atoms with Crippen molar-refractivity contribution >= 4 is 17.4 Å². The second-order valence-corrected chi connectivity index (χ2v) is 6.48. The molecule has 7 nitrogen and oxygen atoms in total. The van der Waals surface area contributed by atoms with Crippen molar-refractivity contribution in [3.63, 3.8) is 0 Å². The molecule has 0 aliphatic carbocycles. The van der Waals surface area contributed by atoms with E-state index in [0.717, 1.165) is 43.2 Å². The van der Waals surface area contributed by atoms with E-state index < -0.39 is 0 Å². The first-order valence-corrected chi connectivity index (χ1v) is 8.85. The fraction of sp³-hybridized carbons (Fsp3) is 0.278. The lowest BCUT2D eigenvalue weighted by Crippen LogP contribution is -2.44. The summed E-state index contributed by atoms with van der Waals surface area (Å²) < 4.78 is 7.65. The molecule has 1 aliphatic heterocycles. The van der Waals surface area contributed by atoms with Gasteiger partial charge in [-0.05, 0) is 31.2 Å². The van der Waals surface area contributed by atoms with Crippen LogP contribution >= 0.6 is 11.6 Å². The highest BCUT2D eigenvalue weighted by Crippen LogP contribution is 2.27. The van der Waals surface area contributed by atoms with Gasteiger partial charge in [-0.15, -0.1) is 5.10 Å². The summed E-state index contributed by atoms with van der Waals surface area (Å²) in [7, 11) is 0. The molecule has 1 aliphatic rings. The zero-order valence-corrected chi connectivity index (χ0v) is 15.1. The molecule has 1 fully saturated rings. The Morgan fingerprint density at radius 2 is 1.85 bits per heavy atom. The molecular formula is C18H19ClN6O. The number of ether oxygens (including phenoxy) is 1. The van der Waals surface area contributed by atoms with Crippen molar-refractivity contribution in [1.82, 2.24) is 25.1 Å². The highest BCUT2D eigenvalue weighted by Gasteiger charge is 2.18. The minimum atomic E-state index is 0.480. The van der Waals surface area contributed by atoms with E-state index in [9.17, 15) is 0 Å². The molecule has 0 amide bonds. The van der Waals surface area contributed by atoms with Crippen LogP contribution in [0.3, 0.4) is 0 Å². The van der Waals surface area contributed by atoms with Gasteiger partial charge in [0.2, 0.25) is 11.8 Å². The number of anilines is 1. The number of benzene rings is 1. The normalized spacial score (nSPS) is 14.5. The van der Waals surface area contributed by atoms with Crippen molar-refractivity contribution < 1.29 is 4.74 Å². The molecule has 1 saturated heterocycles. The number of hydrogen-bond acceptors (Lipinski definition) is 6. The monoisotopic (exact) mass is 370 g/mol. The van der Waals surface area contributed by atoms with Gasteiger partial charge in [-0.25, -0.2) is 14.6 Å². The van der Waals surface area contributed by atoms with Gasteiger partial charge in [0.25, 0.3) is 0 Å². The van der Waals surface area contributed by atoms with Gasteiger partial charge in [0.1, 0.15) is 12.1 Å². The van der Waals surface area contributed by atoms with Gasteiger partial charge in [-0.1, -0.05) is 11.6 Å². The van der Waals surface area contributed by atoms with E-state index in [0.29, 0.717) is 16.8 Å². The predicted molar refractivity (Wildman–Crippen MR) is 100 cm³/mol. The molecule has 8 heteroatoms. The first-order valence-electron chi connectivity index (χ1n) is 8.47. The molecule has 4 rings (SSSR count). The van der Waals surface area contributed by atoms with Gasteiger partial charge >= 0.3 is 0 Å². The molecule has 0 atom stereocenters. The Morgan fingerprint density at radius 3 is 2.62 bits per heavy atom. The highest BCUT2D eigenvalue weighted by atomic mass is 35.5. The average molecular weight is 371 g/mol. The maximum Gasteiger partial charge on any atom is 0.240 e. The number of rotatable bonds is 4. The Balaban J connectivity index is 1.55. The van der Waals surface area contributed by atoms with Crippen molar-refractivity contribution in [3.8, 4) is 17.4 Å². The van der Waals surface area contributed by atoms with Gasteiger partial charge in [-0.2, -0.15) is 0 Å². The molecule has 3 heterocycles. The quantitative estimate of drug-likeness (QED) is 0.761. The zero-order chi connectivity index (χ0) is 17.9. The van der Waals surface area contributed by atoms with Gasteiger partial charge in [0.15, 0.2) is 0 Å². The third-order valence-electron chi connectivity index (χ3n) is 4.28. The van der Waals surface area contributed by atoms with Crippen LogP contribution in [-0.2, 0) is 0 Å². The molecule has 26 heavy (non-hydrogen) atoms. The van der Waals surface area contributed by atoms with Gasteiger partial charge < -0.3 is 15.0 Å². The van der Waals surface area contributed by atoms with Gasteiger partial charge in [0, 0.05) is 43.5 Å². The molecule has 0 unspecified atom stereocenters. The van der Waals surface area contributed by atoms with Crippen LogP contribution in [0.2, 0.25) is 5.02 Å². The van der Waals surface area contributed by atoms with Crippen LogP contribution in [0.25, 0.3) is 5.69 Å². The summed E-state index contributed by atoms with van der Waals surface area (Å²) in [5.74, 6) is 1.91. The Kier molecular flexibility index (Phi) is 4.73. The SMILES string of the molecule is Cc1c(Oc2ccn(-c3ccc(Cl)cc3)n2)ncnc1N1CCNCC1. The number of piperazine rings is 1. The smallest absolute Gasteiger partial charge is 0.240 e. The van der Waals surface area contributed by atoms with Crippen LogP contribution in [-0.4, -0.2) is 45.9 Å². The Morgan fingerprint density at radius 1 is 1.08 bits per heavy atom. The number of nitrogens with one attached hydrogen (secondary N) is 1. The standard InChI is InChI=1S/C18H19ClN6O/c1-13-17(24-10-7-20-8-11-24)21-12-22-18(13)26-16-6-9-25(23-16)15-4-2-14(19)3-5-15/h2-6,9,12,20H,7-8,10-11H2,1H3. The lowest BCUT2D eigenvalue weighted by molar-refractivity contribution is 0.434. The average Bonchev–Trinajstić information content (AvgIpc) is 3.13. The lowest BCUT2D eigenvalue weighted by atomic mass is 10.2. The summed E-state index contributed by atoms with van der Waals surface area (Å²) >= 11 is 5.93. The first kappa shape index (κ1) is 16.8. The second kappa shape index (κ2) is 7.31. The van der Waals surface area contributed by atoms with Crippen LogP contribution < -0.4 is 15.0 Å². The van der Waals surface area contributed by atoms with Gasteiger partial charge in [-0.3, -0.25) is 0 Å². The van der Waals surface area contributed by atoms with Crippen LogP contribution in [0.1, 0.15) is 5.56 Å². The Hall–Kier alpha value is -2.64. The summed E-state index contributed by atoms with van der Waals surface area (Å²) in [5.41, 5.74) is 1.82. The number of hydrogen-bond donors (Lipinski definition) is 1. The summed E-state index contributed by atoms with van der Waals surface area (Å²) in [4.78, 5) is 11.0. The van der Waals surface area contributed by atoms with Crippen LogP contribution in [0, 0.1) is 6.92 Å². The Bertz CT molecular complexity index is 889. The van der Waals surface area contributed by atoms with Crippen molar-refractivity contribution in [3.05, 3.63) is 53.4 Å². The molecule has 2 aromatic heterocycles. The third kappa shape index (κ3) is 3.49. The molecule has 1 N–H and O–H groups in total. The van der Waals surface area contributed by atoms with Crippen molar-refractivity contribution in [2.24, 2.45) is 0 Å². The van der Waals surface area contributed by atoms with Crippen LogP contribution in [0.4, 0.5) is 5.82 Å². The molecule has 3 aromatic rings. The summed E-state index contributed by atoms with van der Waals surface area (Å²) in [6.07, 6.45) is 3.38. The third-order valence-corrected chi connectivity index (χ3v) is 4.54. The molecule has 134 valence electrons.